The summed E-state index contributed by atoms with van der Waals surface area (Å²) in [5.74, 6) is 6.28. The Bertz CT molecular complexity index is 1400. The Hall–Kier alpha value is -4.20. The van der Waals surface area contributed by atoms with Gasteiger partial charge in [-0.2, -0.15) is 0 Å². The number of nitrogens with two attached hydrogens (primary N) is 2. The molecule has 4 N–H and O–H groups in total. The largest absolute Gasteiger partial charge is 0.330 e. The summed E-state index contributed by atoms with van der Waals surface area (Å²) in [6.45, 7) is 7.11. The van der Waals surface area contributed by atoms with Crippen molar-refractivity contribution in [3.63, 3.8) is 0 Å². The molecule has 0 aromatic heterocycles. The molecule has 0 saturated carbocycles. The van der Waals surface area contributed by atoms with Crippen molar-refractivity contribution in [1.82, 2.24) is 19.6 Å². The minimum absolute atomic E-state index is 0.0883. The first kappa shape index (κ1) is 40.6. The number of rotatable bonds is 22. The molecule has 0 aliphatic carbocycles. The molecule has 0 spiro atoms. The van der Waals surface area contributed by atoms with Gasteiger partial charge in [-0.3, -0.25) is 19.4 Å². The summed E-state index contributed by atoms with van der Waals surface area (Å²) in [6, 6.07) is 14.4. The van der Waals surface area contributed by atoms with Crippen molar-refractivity contribution in [3.8, 4) is 11.8 Å². The number of amides is 6. The van der Waals surface area contributed by atoms with E-state index in [9.17, 15) is 19.2 Å². The lowest BCUT2D eigenvalue weighted by atomic mass is 10.1. The van der Waals surface area contributed by atoms with Gasteiger partial charge in [0.2, 0.25) is 0 Å². The van der Waals surface area contributed by atoms with E-state index in [1.807, 2.05) is 48.5 Å². The van der Waals surface area contributed by atoms with E-state index in [0.717, 1.165) is 99.3 Å². The van der Waals surface area contributed by atoms with Gasteiger partial charge in [0.05, 0.1) is 0 Å². The molecule has 2 aliphatic rings. The van der Waals surface area contributed by atoms with Crippen LogP contribution in [0.1, 0.15) is 126 Å². The second kappa shape index (κ2) is 21.4. The monoisotopic (exact) mass is 712 g/mol. The Morgan fingerprint density at radius 2 is 0.904 bits per heavy atom. The predicted octanol–water partition coefficient (Wildman–Crippen LogP) is 6.77. The van der Waals surface area contributed by atoms with Crippen molar-refractivity contribution in [2.45, 2.75) is 129 Å². The van der Waals surface area contributed by atoms with Crippen LogP contribution in [0.3, 0.4) is 0 Å². The highest BCUT2D eigenvalue weighted by molar-refractivity contribution is 6.04. The number of carbonyl (C=O) groups excluding carboxylic acids is 4. The maximum absolute atomic E-state index is 13.4. The van der Waals surface area contributed by atoms with Gasteiger partial charge in [-0.25, -0.2) is 9.59 Å². The lowest BCUT2D eigenvalue weighted by Crippen LogP contribution is -2.35. The van der Waals surface area contributed by atoms with Gasteiger partial charge in [0.15, 0.2) is 0 Å². The normalized spacial score (nSPS) is 17.5. The van der Waals surface area contributed by atoms with E-state index in [2.05, 4.69) is 25.7 Å². The first-order chi connectivity index (χ1) is 25.3. The van der Waals surface area contributed by atoms with Crippen LogP contribution in [0.15, 0.2) is 48.5 Å². The van der Waals surface area contributed by atoms with Gasteiger partial charge in [0, 0.05) is 37.3 Å². The first-order valence-corrected chi connectivity index (χ1v) is 19.7. The highest BCUT2D eigenvalue weighted by atomic mass is 16.2. The second-order valence-electron chi connectivity index (χ2n) is 14.2. The molecular formula is C42H60N6O4. The fourth-order valence-corrected chi connectivity index (χ4v) is 7.00. The van der Waals surface area contributed by atoms with Crippen LogP contribution in [0.2, 0.25) is 0 Å². The van der Waals surface area contributed by atoms with Crippen LogP contribution in [0.25, 0.3) is 0 Å². The van der Waals surface area contributed by atoms with E-state index in [1.165, 1.54) is 9.80 Å². The molecule has 282 valence electrons. The minimum Gasteiger partial charge on any atom is -0.330 e. The Kier molecular flexibility index (Phi) is 16.7. The number of unbranched alkanes of at least 4 members (excludes halogenated alkanes) is 8. The van der Waals surface area contributed by atoms with Crippen LogP contribution in [0.4, 0.5) is 9.59 Å². The highest BCUT2D eigenvalue weighted by Gasteiger charge is 2.45. The minimum atomic E-state index is -0.451. The molecule has 10 heteroatoms. The maximum atomic E-state index is 13.4. The number of carbonyl (C=O) groups is 4. The number of imide groups is 2. The fourth-order valence-electron chi connectivity index (χ4n) is 7.00. The summed E-state index contributed by atoms with van der Waals surface area (Å²) in [7, 11) is 0. The molecule has 6 amide bonds. The molecule has 0 radical (unpaired) electrons. The van der Waals surface area contributed by atoms with Gasteiger partial charge in [0.1, 0.15) is 12.1 Å². The Balaban J connectivity index is 1.37. The maximum Gasteiger partial charge on any atom is 0.327 e. The molecule has 2 saturated heterocycles. The van der Waals surface area contributed by atoms with Gasteiger partial charge < -0.3 is 21.3 Å². The zero-order valence-corrected chi connectivity index (χ0v) is 31.5. The molecule has 2 aromatic carbocycles. The van der Waals surface area contributed by atoms with E-state index >= 15 is 0 Å². The molecule has 52 heavy (non-hydrogen) atoms. The average molecular weight is 713 g/mol. The average Bonchev–Trinajstić information content (AvgIpc) is 3.50. The van der Waals surface area contributed by atoms with E-state index in [1.54, 1.807) is 9.80 Å². The lowest BCUT2D eigenvalue weighted by molar-refractivity contribution is -0.129. The number of nitrogens with zero attached hydrogens (tertiary/aromatic N) is 4. The topological polar surface area (TPSA) is 133 Å². The van der Waals surface area contributed by atoms with Crippen LogP contribution in [-0.2, 0) is 22.7 Å². The van der Waals surface area contributed by atoms with Crippen molar-refractivity contribution >= 4 is 23.9 Å². The fraction of sp³-hybridized carbons (Fsp3) is 0.571. The predicted molar refractivity (Wildman–Crippen MR) is 206 cm³/mol. The Morgan fingerprint density at radius 3 is 1.25 bits per heavy atom. The number of hydrogen-bond donors (Lipinski definition) is 2. The van der Waals surface area contributed by atoms with Crippen molar-refractivity contribution in [2.24, 2.45) is 11.5 Å². The molecule has 4 rings (SSSR count). The van der Waals surface area contributed by atoms with E-state index < -0.39 is 12.1 Å². The molecule has 2 fully saturated rings. The zero-order valence-electron chi connectivity index (χ0n) is 31.5. The molecule has 0 bridgehead atoms. The van der Waals surface area contributed by atoms with Gasteiger partial charge in [-0.1, -0.05) is 88.5 Å². The third kappa shape index (κ3) is 11.1. The summed E-state index contributed by atoms with van der Waals surface area (Å²) in [6.07, 6.45) is 12.6. The third-order valence-corrected chi connectivity index (χ3v) is 10.1. The lowest BCUT2D eigenvalue weighted by Gasteiger charge is -2.22. The van der Waals surface area contributed by atoms with E-state index in [4.69, 9.17) is 11.5 Å². The number of hydrogen-bond acceptors (Lipinski definition) is 6. The van der Waals surface area contributed by atoms with Gasteiger partial charge >= 0.3 is 12.1 Å². The molecule has 2 aromatic rings. The molecule has 2 aliphatic heterocycles. The van der Waals surface area contributed by atoms with Crippen LogP contribution in [0.5, 0.6) is 0 Å². The van der Waals surface area contributed by atoms with E-state index in [-0.39, 0.29) is 23.9 Å². The summed E-state index contributed by atoms with van der Waals surface area (Å²) < 4.78 is 0. The number of benzene rings is 2. The van der Waals surface area contributed by atoms with Crippen LogP contribution < -0.4 is 11.5 Å². The summed E-state index contributed by atoms with van der Waals surface area (Å²) in [5.41, 5.74) is 15.0. The SMILES string of the molecule is CCCCCCN1C(=O)[C@H](CCCCN)N(Cc2ccc(C#Cc3ccc(CN4C(=O)N(CCCCCC)C(=O)[C@@H]4CCCCN)cc3)cc2)C1=O. The van der Waals surface area contributed by atoms with Crippen LogP contribution >= 0.6 is 0 Å². The first-order valence-electron chi connectivity index (χ1n) is 19.7. The molecule has 2 atom stereocenters. The zero-order chi connectivity index (χ0) is 37.3. The molecule has 0 unspecified atom stereocenters. The quantitative estimate of drug-likeness (QED) is 0.0787. The van der Waals surface area contributed by atoms with Crippen molar-refractivity contribution in [2.75, 3.05) is 26.2 Å². The molecular weight excluding hydrogens is 653 g/mol. The van der Waals surface area contributed by atoms with Gasteiger partial charge in [0.25, 0.3) is 11.8 Å². The van der Waals surface area contributed by atoms with Crippen molar-refractivity contribution < 1.29 is 19.2 Å². The Morgan fingerprint density at radius 1 is 0.519 bits per heavy atom. The highest BCUT2D eigenvalue weighted by Crippen LogP contribution is 2.27. The van der Waals surface area contributed by atoms with Crippen LogP contribution in [0, 0.1) is 11.8 Å². The standard InChI is InChI=1S/C42H60N6O4/c1-3-5-7-13-29-45-39(49)37(15-9-11-27-43)47(41(45)51)31-35-23-19-33(20-24-35)17-18-34-21-25-36(26-22-34)32-48-38(16-10-12-28-44)40(50)46(42(48)52)30-14-8-6-4-2/h19-26,37-38H,3-16,27-32,43-44H2,1-2H3/t37-,38-/m0/s1. The number of urea groups is 2. The third-order valence-electron chi connectivity index (χ3n) is 10.1. The summed E-state index contributed by atoms with van der Waals surface area (Å²) >= 11 is 0. The van der Waals surface area contributed by atoms with E-state index in [0.29, 0.717) is 52.1 Å². The second-order valence-corrected chi connectivity index (χ2v) is 14.2. The smallest absolute Gasteiger partial charge is 0.327 e. The summed E-state index contributed by atoms with van der Waals surface area (Å²) in [5, 5.41) is 0. The van der Waals surface area contributed by atoms with Crippen molar-refractivity contribution in [1.29, 1.82) is 0 Å². The van der Waals surface area contributed by atoms with Gasteiger partial charge in [-0.05, 0) is 99.8 Å². The summed E-state index contributed by atoms with van der Waals surface area (Å²) in [4.78, 5) is 59.7. The molecule has 10 nitrogen and oxygen atoms in total. The van der Waals surface area contributed by atoms with Crippen molar-refractivity contribution in [3.05, 3.63) is 70.8 Å². The Labute approximate surface area is 311 Å². The van der Waals surface area contributed by atoms with Gasteiger partial charge in [-0.15, -0.1) is 0 Å². The van der Waals surface area contributed by atoms with Crippen LogP contribution in [-0.4, -0.2) is 81.7 Å². The molecule has 2 heterocycles.